The first-order chi connectivity index (χ1) is 11.0. The van der Waals surface area contributed by atoms with E-state index in [0.29, 0.717) is 5.56 Å². The average molecular weight is 313 g/mol. The zero-order valence-electron chi connectivity index (χ0n) is 12.4. The number of benzene rings is 2. The predicted octanol–water partition coefficient (Wildman–Crippen LogP) is 2.63. The summed E-state index contributed by atoms with van der Waals surface area (Å²) in [7, 11) is 0. The number of nitrogens with zero attached hydrogens (tertiary/aromatic N) is 2. The van der Waals surface area contributed by atoms with E-state index in [1.807, 2.05) is 19.1 Å². The van der Waals surface area contributed by atoms with Crippen LogP contribution in [0.5, 0.6) is 5.75 Å². The highest BCUT2D eigenvalue weighted by Crippen LogP contribution is 2.21. The van der Waals surface area contributed by atoms with Gasteiger partial charge in [-0.3, -0.25) is 14.9 Å². The first-order valence-corrected chi connectivity index (χ1v) is 6.91. The van der Waals surface area contributed by atoms with Gasteiger partial charge in [-0.15, -0.1) is 0 Å². The summed E-state index contributed by atoms with van der Waals surface area (Å²) in [5.74, 6) is -0.574. The number of aryl methyl sites for hydroxylation is 1. The number of hydrogen-bond donors (Lipinski definition) is 2. The van der Waals surface area contributed by atoms with Gasteiger partial charge in [0.1, 0.15) is 5.75 Å². The summed E-state index contributed by atoms with van der Waals surface area (Å²) in [6.45, 7) is 2.02. The Labute approximate surface area is 132 Å². The SMILES string of the molecule is CCc1ccc(C(=O)N/N=C\c2cc([N+](=O)[O-])ccc2O)cc1. The molecule has 7 heteroatoms. The van der Waals surface area contributed by atoms with Crippen LogP contribution in [0.2, 0.25) is 0 Å². The Morgan fingerprint density at radius 2 is 2.00 bits per heavy atom. The molecule has 0 aliphatic rings. The second-order valence-electron chi connectivity index (χ2n) is 4.75. The molecule has 2 aromatic carbocycles. The number of aromatic hydroxyl groups is 1. The lowest BCUT2D eigenvalue weighted by Crippen LogP contribution is -2.17. The van der Waals surface area contributed by atoms with E-state index in [0.717, 1.165) is 18.2 Å². The molecule has 0 atom stereocenters. The van der Waals surface area contributed by atoms with E-state index in [1.165, 1.54) is 18.2 Å². The molecule has 0 radical (unpaired) electrons. The Balaban J connectivity index is 2.07. The van der Waals surface area contributed by atoms with E-state index < -0.39 is 10.8 Å². The highest BCUT2D eigenvalue weighted by molar-refractivity contribution is 5.95. The lowest BCUT2D eigenvalue weighted by atomic mass is 10.1. The molecule has 0 unspecified atom stereocenters. The topological polar surface area (TPSA) is 105 Å². The van der Waals surface area contributed by atoms with E-state index in [2.05, 4.69) is 10.5 Å². The summed E-state index contributed by atoms with van der Waals surface area (Å²) in [6, 6.07) is 10.6. The summed E-state index contributed by atoms with van der Waals surface area (Å²) >= 11 is 0. The van der Waals surface area contributed by atoms with E-state index >= 15 is 0 Å². The van der Waals surface area contributed by atoms with Crippen LogP contribution in [0, 0.1) is 10.1 Å². The maximum Gasteiger partial charge on any atom is 0.271 e. The second-order valence-corrected chi connectivity index (χ2v) is 4.75. The molecule has 0 bridgehead atoms. The predicted molar refractivity (Wildman–Crippen MR) is 85.6 cm³/mol. The molecule has 0 saturated heterocycles. The fourth-order valence-electron chi connectivity index (χ4n) is 1.88. The van der Waals surface area contributed by atoms with Crippen molar-refractivity contribution in [2.24, 2.45) is 5.10 Å². The minimum Gasteiger partial charge on any atom is -0.507 e. The Kier molecular flexibility index (Phi) is 5.03. The van der Waals surface area contributed by atoms with Gasteiger partial charge in [-0.25, -0.2) is 5.43 Å². The van der Waals surface area contributed by atoms with Crippen LogP contribution < -0.4 is 5.43 Å². The van der Waals surface area contributed by atoms with Gasteiger partial charge in [-0.2, -0.15) is 5.10 Å². The van der Waals surface area contributed by atoms with Crippen molar-refractivity contribution in [2.75, 3.05) is 0 Å². The summed E-state index contributed by atoms with van der Waals surface area (Å²) < 4.78 is 0. The molecule has 0 fully saturated rings. The van der Waals surface area contributed by atoms with Gasteiger partial charge in [-0.05, 0) is 30.2 Å². The number of phenolic OH excluding ortho intramolecular Hbond substituents is 1. The highest BCUT2D eigenvalue weighted by Gasteiger charge is 2.09. The smallest absolute Gasteiger partial charge is 0.271 e. The van der Waals surface area contributed by atoms with Crippen molar-refractivity contribution in [1.29, 1.82) is 0 Å². The number of nitro groups is 1. The number of non-ortho nitro benzene ring substituents is 1. The molecule has 118 valence electrons. The highest BCUT2D eigenvalue weighted by atomic mass is 16.6. The number of nitrogens with one attached hydrogen (secondary N) is 1. The van der Waals surface area contributed by atoms with E-state index in [1.54, 1.807) is 12.1 Å². The molecule has 2 aromatic rings. The van der Waals surface area contributed by atoms with Crippen LogP contribution in [0.15, 0.2) is 47.6 Å². The summed E-state index contributed by atoms with van der Waals surface area (Å²) in [5.41, 5.74) is 3.84. The first-order valence-electron chi connectivity index (χ1n) is 6.91. The minimum atomic E-state index is -0.579. The number of hydrazone groups is 1. The zero-order chi connectivity index (χ0) is 16.8. The number of carbonyl (C=O) groups is 1. The molecule has 0 heterocycles. The summed E-state index contributed by atoms with van der Waals surface area (Å²) in [4.78, 5) is 22.0. The van der Waals surface area contributed by atoms with Gasteiger partial charge < -0.3 is 5.11 Å². The van der Waals surface area contributed by atoms with Crippen molar-refractivity contribution in [2.45, 2.75) is 13.3 Å². The van der Waals surface area contributed by atoms with Gasteiger partial charge in [0.25, 0.3) is 11.6 Å². The van der Waals surface area contributed by atoms with Gasteiger partial charge in [0, 0.05) is 23.3 Å². The third kappa shape index (κ3) is 4.13. The maximum absolute atomic E-state index is 11.9. The third-order valence-electron chi connectivity index (χ3n) is 3.22. The standard InChI is InChI=1S/C16H15N3O4/c1-2-11-3-5-12(6-4-11)16(21)18-17-10-13-9-14(19(22)23)7-8-15(13)20/h3-10,20H,2H2,1H3,(H,18,21)/b17-10-. The van der Waals surface area contributed by atoms with Gasteiger partial charge in [0.15, 0.2) is 0 Å². The molecule has 0 spiro atoms. The Bertz CT molecular complexity index is 754. The van der Waals surface area contributed by atoms with Crippen LogP contribution in [0.4, 0.5) is 5.69 Å². The molecule has 2 N–H and O–H groups in total. The van der Waals surface area contributed by atoms with E-state index in [-0.39, 0.29) is 17.0 Å². The van der Waals surface area contributed by atoms with Crippen LogP contribution in [0.1, 0.15) is 28.4 Å². The fraction of sp³-hybridized carbons (Fsp3) is 0.125. The van der Waals surface area contributed by atoms with Crippen LogP contribution in [0.3, 0.4) is 0 Å². The molecule has 0 aliphatic heterocycles. The summed E-state index contributed by atoms with van der Waals surface area (Å²) in [5, 5.41) is 24.0. The number of phenols is 1. The first kappa shape index (κ1) is 16.2. The molecule has 2 rings (SSSR count). The van der Waals surface area contributed by atoms with Crippen molar-refractivity contribution in [1.82, 2.24) is 5.43 Å². The Morgan fingerprint density at radius 1 is 1.30 bits per heavy atom. The van der Waals surface area contributed by atoms with Gasteiger partial charge >= 0.3 is 0 Å². The summed E-state index contributed by atoms with van der Waals surface area (Å²) in [6.07, 6.45) is 2.03. The van der Waals surface area contributed by atoms with Crippen molar-refractivity contribution in [3.63, 3.8) is 0 Å². The van der Waals surface area contributed by atoms with Crippen molar-refractivity contribution < 1.29 is 14.8 Å². The van der Waals surface area contributed by atoms with Crippen LogP contribution in [0.25, 0.3) is 0 Å². The normalized spacial score (nSPS) is 10.7. The molecular weight excluding hydrogens is 298 g/mol. The Hall–Kier alpha value is -3.22. The third-order valence-corrected chi connectivity index (χ3v) is 3.22. The van der Waals surface area contributed by atoms with Crippen LogP contribution in [-0.4, -0.2) is 22.2 Å². The second kappa shape index (κ2) is 7.17. The molecule has 0 saturated carbocycles. The average Bonchev–Trinajstić information content (AvgIpc) is 2.56. The van der Waals surface area contributed by atoms with Crippen molar-refractivity contribution >= 4 is 17.8 Å². The largest absolute Gasteiger partial charge is 0.507 e. The molecule has 23 heavy (non-hydrogen) atoms. The zero-order valence-corrected chi connectivity index (χ0v) is 12.4. The van der Waals surface area contributed by atoms with Gasteiger partial charge in [0.2, 0.25) is 0 Å². The van der Waals surface area contributed by atoms with E-state index in [9.17, 15) is 20.0 Å². The van der Waals surface area contributed by atoms with Crippen molar-refractivity contribution in [3.05, 3.63) is 69.3 Å². The van der Waals surface area contributed by atoms with Crippen molar-refractivity contribution in [3.8, 4) is 5.75 Å². The number of rotatable bonds is 5. The van der Waals surface area contributed by atoms with Gasteiger partial charge in [-0.1, -0.05) is 19.1 Å². The minimum absolute atomic E-state index is 0.140. The number of amides is 1. The maximum atomic E-state index is 11.9. The monoisotopic (exact) mass is 313 g/mol. The molecular formula is C16H15N3O4. The number of hydrogen-bond acceptors (Lipinski definition) is 5. The van der Waals surface area contributed by atoms with E-state index in [4.69, 9.17) is 0 Å². The fourth-order valence-corrected chi connectivity index (χ4v) is 1.88. The van der Waals surface area contributed by atoms with Crippen LogP contribution >= 0.6 is 0 Å². The molecule has 1 amide bonds. The van der Waals surface area contributed by atoms with Crippen LogP contribution in [-0.2, 0) is 6.42 Å². The lowest BCUT2D eigenvalue weighted by Gasteiger charge is -2.02. The number of nitro benzene ring substituents is 1. The number of carbonyl (C=O) groups excluding carboxylic acids is 1. The Morgan fingerprint density at radius 3 is 2.61 bits per heavy atom. The molecule has 0 aliphatic carbocycles. The molecule has 0 aromatic heterocycles. The van der Waals surface area contributed by atoms with Gasteiger partial charge in [0.05, 0.1) is 11.1 Å². The molecule has 7 nitrogen and oxygen atoms in total. The quantitative estimate of drug-likeness (QED) is 0.503. The lowest BCUT2D eigenvalue weighted by molar-refractivity contribution is -0.384.